The van der Waals surface area contributed by atoms with Crippen LogP contribution in [0.5, 0.6) is 0 Å². The Kier molecular flexibility index (Phi) is 4.00. The monoisotopic (exact) mass is 335 g/mol. The summed E-state index contributed by atoms with van der Waals surface area (Å²) in [7, 11) is 0. The lowest BCUT2D eigenvalue weighted by molar-refractivity contribution is -0.384. The highest BCUT2D eigenvalue weighted by Gasteiger charge is 2.35. The van der Waals surface area contributed by atoms with Gasteiger partial charge in [-0.25, -0.2) is 4.98 Å². The molecule has 22 heavy (non-hydrogen) atoms. The molecule has 3 rings (SSSR count). The molecular weight excluding hydrogens is 326 g/mol. The Morgan fingerprint density at radius 1 is 1.36 bits per heavy atom. The number of pyridine rings is 1. The number of carbonyl (C=O) groups is 1. The first-order valence-corrected chi connectivity index (χ1v) is 7.78. The van der Waals surface area contributed by atoms with Gasteiger partial charge in [0.25, 0.3) is 5.69 Å². The van der Waals surface area contributed by atoms with Gasteiger partial charge in [0, 0.05) is 18.3 Å². The molecule has 0 radical (unpaired) electrons. The molecular formula is C14H10ClN3O3S. The highest BCUT2D eigenvalue weighted by Crippen LogP contribution is 2.41. The second-order valence-corrected chi connectivity index (χ2v) is 6.12. The van der Waals surface area contributed by atoms with E-state index >= 15 is 0 Å². The number of nitro benzene ring substituents is 1. The fourth-order valence-electron chi connectivity index (χ4n) is 2.22. The van der Waals surface area contributed by atoms with Crippen LogP contribution in [0.1, 0.15) is 10.9 Å². The van der Waals surface area contributed by atoms with E-state index in [1.165, 1.54) is 30.1 Å². The summed E-state index contributed by atoms with van der Waals surface area (Å²) >= 11 is 7.23. The van der Waals surface area contributed by atoms with Crippen LogP contribution in [0.25, 0.3) is 0 Å². The molecule has 0 bridgehead atoms. The number of hydrogen-bond acceptors (Lipinski definition) is 5. The number of halogens is 1. The zero-order valence-corrected chi connectivity index (χ0v) is 12.8. The van der Waals surface area contributed by atoms with E-state index in [1.54, 1.807) is 29.2 Å². The second kappa shape index (κ2) is 5.94. The molecule has 112 valence electrons. The van der Waals surface area contributed by atoms with Gasteiger partial charge in [0.15, 0.2) is 0 Å². The first-order valence-electron chi connectivity index (χ1n) is 6.36. The Hall–Kier alpha value is -2.12. The molecule has 0 saturated carbocycles. The summed E-state index contributed by atoms with van der Waals surface area (Å²) in [6, 6.07) is 9.62. The molecule has 1 amide bonds. The van der Waals surface area contributed by atoms with Crippen molar-refractivity contribution in [2.75, 3.05) is 10.7 Å². The third kappa shape index (κ3) is 2.77. The number of rotatable bonds is 3. The van der Waals surface area contributed by atoms with Crippen molar-refractivity contribution < 1.29 is 9.72 Å². The maximum absolute atomic E-state index is 12.2. The Bertz CT molecular complexity index is 738. The van der Waals surface area contributed by atoms with Crippen molar-refractivity contribution in [3.63, 3.8) is 0 Å². The molecule has 6 nitrogen and oxygen atoms in total. The average molecular weight is 336 g/mol. The van der Waals surface area contributed by atoms with Gasteiger partial charge in [-0.05, 0) is 17.7 Å². The van der Waals surface area contributed by atoms with E-state index in [2.05, 4.69) is 4.98 Å². The van der Waals surface area contributed by atoms with Crippen LogP contribution in [0.2, 0.25) is 5.02 Å². The molecule has 8 heteroatoms. The quantitative estimate of drug-likeness (QED) is 0.634. The SMILES string of the molecule is O=C1CSC(c2cccc([N+](=O)[O-])c2)N1c1ccc(Cl)cn1. The molecule has 1 saturated heterocycles. The van der Waals surface area contributed by atoms with E-state index < -0.39 is 4.92 Å². The van der Waals surface area contributed by atoms with Crippen molar-refractivity contribution in [3.05, 3.63) is 63.3 Å². The fourth-order valence-corrected chi connectivity index (χ4v) is 3.49. The molecule has 0 aliphatic carbocycles. The zero-order chi connectivity index (χ0) is 15.7. The molecule has 1 aliphatic heterocycles. The summed E-state index contributed by atoms with van der Waals surface area (Å²) < 4.78 is 0. The fraction of sp³-hybridized carbons (Fsp3) is 0.143. The summed E-state index contributed by atoms with van der Waals surface area (Å²) in [6.07, 6.45) is 1.47. The number of hydrogen-bond donors (Lipinski definition) is 0. The normalized spacial score (nSPS) is 17.8. The molecule has 2 aromatic rings. The van der Waals surface area contributed by atoms with Gasteiger partial charge in [-0.3, -0.25) is 19.8 Å². The number of non-ortho nitro benzene ring substituents is 1. The molecule has 1 fully saturated rings. The van der Waals surface area contributed by atoms with Gasteiger partial charge in [0.2, 0.25) is 5.91 Å². The van der Waals surface area contributed by atoms with Crippen LogP contribution < -0.4 is 4.90 Å². The third-order valence-corrected chi connectivity index (χ3v) is 4.63. The molecule has 1 aromatic heterocycles. The van der Waals surface area contributed by atoms with E-state index in [0.29, 0.717) is 22.2 Å². The van der Waals surface area contributed by atoms with Crippen LogP contribution in [-0.4, -0.2) is 21.6 Å². The van der Waals surface area contributed by atoms with Crippen LogP contribution in [0.3, 0.4) is 0 Å². The standard InChI is InChI=1S/C14H10ClN3O3S/c15-10-4-5-12(16-7-10)17-13(19)8-22-14(17)9-2-1-3-11(6-9)18(20)21/h1-7,14H,8H2. The van der Waals surface area contributed by atoms with Crippen LogP contribution >= 0.6 is 23.4 Å². The number of amides is 1. The van der Waals surface area contributed by atoms with Gasteiger partial charge in [0.05, 0.1) is 15.7 Å². The zero-order valence-electron chi connectivity index (χ0n) is 11.2. The van der Waals surface area contributed by atoms with Crippen molar-refractivity contribution in [2.45, 2.75) is 5.37 Å². The molecule has 1 atom stereocenters. The van der Waals surface area contributed by atoms with Crippen LogP contribution in [0.15, 0.2) is 42.6 Å². The van der Waals surface area contributed by atoms with Gasteiger partial charge in [-0.1, -0.05) is 23.7 Å². The molecule has 1 aromatic carbocycles. The lowest BCUT2D eigenvalue weighted by atomic mass is 10.2. The summed E-state index contributed by atoms with van der Waals surface area (Å²) in [5.41, 5.74) is 0.697. The number of aromatic nitrogens is 1. The number of nitro groups is 1. The Labute approximate surface area is 135 Å². The Morgan fingerprint density at radius 3 is 2.86 bits per heavy atom. The van der Waals surface area contributed by atoms with Crippen LogP contribution in [-0.2, 0) is 4.79 Å². The number of nitrogens with zero attached hydrogens (tertiary/aromatic N) is 3. The molecule has 1 unspecified atom stereocenters. The van der Waals surface area contributed by atoms with Gasteiger partial charge in [-0.15, -0.1) is 11.8 Å². The predicted octanol–water partition coefficient (Wildman–Crippen LogP) is 3.42. The molecule has 0 N–H and O–H groups in total. The Balaban J connectivity index is 1.98. The van der Waals surface area contributed by atoms with Gasteiger partial charge in [0.1, 0.15) is 11.2 Å². The highest BCUT2D eigenvalue weighted by molar-refractivity contribution is 8.00. The lowest BCUT2D eigenvalue weighted by Crippen LogP contribution is -2.28. The average Bonchev–Trinajstić information content (AvgIpc) is 2.90. The third-order valence-electron chi connectivity index (χ3n) is 3.19. The van der Waals surface area contributed by atoms with E-state index in [4.69, 9.17) is 11.6 Å². The number of benzene rings is 1. The van der Waals surface area contributed by atoms with Gasteiger partial charge in [-0.2, -0.15) is 0 Å². The summed E-state index contributed by atoms with van der Waals surface area (Å²) in [6.45, 7) is 0. The smallest absolute Gasteiger partial charge is 0.269 e. The van der Waals surface area contributed by atoms with Crippen LogP contribution in [0.4, 0.5) is 11.5 Å². The van der Waals surface area contributed by atoms with Crippen molar-refractivity contribution in [3.8, 4) is 0 Å². The summed E-state index contributed by atoms with van der Waals surface area (Å²) in [5, 5.41) is 11.1. The minimum absolute atomic E-state index is 0.00136. The largest absolute Gasteiger partial charge is 0.279 e. The molecule has 0 spiro atoms. The van der Waals surface area contributed by atoms with E-state index in [1.807, 2.05) is 0 Å². The predicted molar refractivity (Wildman–Crippen MR) is 85.0 cm³/mol. The Morgan fingerprint density at radius 2 is 2.18 bits per heavy atom. The van der Waals surface area contributed by atoms with Crippen molar-refractivity contribution in [1.29, 1.82) is 0 Å². The minimum atomic E-state index is -0.449. The maximum Gasteiger partial charge on any atom is 0.269 e. The first-order chi connectivity index (χ1) is 10.6. The van der Waals surface area contributed by atoms with E-state index in [9.17, 15) is 14.9 Å². The van der Waals surface area contributed by atoms with Gasteiger partial charge < -0.3 is 0 Å². The van der Waals surface area contributed by atoms with Crippen molar-refractivity contribution >= 4 is 40.8 Å². The second-order valence-electron chi connectivity index (χ2n) is 4.61. The van der Waals surface area contributed by atoms with Crippen LogP contribution in [0, 0.1) is 10.1 Å². The number of carbonyl (C=O) groups excluding carboxylic acids is 1. The minimum Gasteiger partial charge on any atom is -0.279 e. The van der Waals surface area contributed by atoms with E-state index in [-0.39, 0.29) is 17.0 Å². The number of thioether (sulfide) groups is 1. The van der Waals surface area contributed by atoms with E-state index in [0.717, 1.165) is 0 Å². The topological polar surface area (TPSA) is 76.3 Å². The summed E-state index contributed by atoms with van der Waals surface area (Å²) in [5.74, 6) is 0.699. The van der Waals surface area contributed by atoms with Crippen molar-refractivity contribution in [2.24, 2.45) is 0 Å². The van der Waals surface area contributed by atoms with Crippen molar-refractivity contribution in [1.82, 2.24) is 4.98 Å². The highest BCUT2D eigenvalue weighted by atomic mass is 35.5. The molecule has 2 heterocycles. The maximum atomic E-state index is 12.2. The van der Waals surface area contributed by atoms with Gasteiger partial charge >= 0.3 is 0 Å². The molecule has 1 aliphatic rings. The lowest BCUT2D eigenvalue weighted by Gasteiger charge is -2.23. The number of anilines is 1. The first kappa shape index (κ1) is 14.8. The summed E-state index contributed by atoms with van der Waals surface area (Å²) in [4.78, 5) is 28.3.